The van der Waals surface area contributed by atoms with Gasteiger partial charge >= 0.3 is 0 Å². The van der Waals surface area contributed by atoms with E-state index < -0.39 is 0 Å². The Bertz CT molecular complexity index is 107. The largest absolute Gasteiger partial charge is 0.110 e. The van der Waals surface area contributed by atoms with Crippen LogP contribution in [0.4, 0.5) is 0 Å². The lowest BCUT2D eigenvalue weighted by atomic mass is 10.1. The topological polar surface area (TPSA) is 0 Å². The van der Waals surface area contributed by atoms with Gasteiger partial charge in [-0.1, -0.05) is 41.5 Å². The Morgan fingerprint density at radius 3 is 1.36 bits per heavy atom. The quantitative estimate of drug-likeness (QED) is 0.566. The van der Waals surface area contributed by atoms with Crippen LogP contribution in [0.2, 0.25) is 0 Å². The third-order valence-corrected chi connectivity index (χ3v) is 4.30. The van der Waals surface area contributed by atoms with Gasteiger partial charge in [0, 0.05) is 0 Å². The van der Waals surface area contributed by atoms with Crippen molar-refractivity contribution in [2.45, 2.75) is 64.7 Å². The zero-order valence-corrected chi connectivity index (χ0v) is 9.91. The van der Waals surface area contributed by atoms with Crippen LogP contribution in [0.3, 0.4) is 0 Å². The molecule has 11 heavy (non-hydrogen) atoms. The highest BCUT2D eigenvalue weighted by Gasteiger charge is 2.25. The summed E-state index contributed by atoms with van der Waals surface area (Å²) in [6.45, 7) is 14.1. The minimum Gasteiger partial charge on any atom is -0.110 e. The molecule has 1 atom stereocenters. The van der Waals surface area contributed by atoms with E-state index in [1.807, 2.05) is 0 Å². The van der Waals surface area contributed by atoms with E-state index >= 15 is 0 Å². The second kappa shape index (κ2) is 3.90. The lowest BCUT2D eigenvalue weighted by Crippen LogP contribution is -2.22. The van der Waals surface area contributed by atoms with Gasteiger partial charge in [0.15, 0.2) is 0 Å². The van der Waals surface area contributed by atoms with Crippen LogP contribution in [-0.2, 0) is 0 Å². The van der Waals surface area contributed by atoms with Crippen LogP contribution in [0.15, 0.2) is 0 Å². The summed E-state index contributed by atoms with van der Waals surface area (Å²) in [5.41, 5.74) is 0. The fraction of sp³-hybridized carbons (Fsp3) is 1.00. The maximum Gasteiger partial charge on any atom is -0.0151 e. The molecule has 0 amide bonds. The molecule has 0 rings (SSSR count). The highest BCUT2D eigenvalue weighted by atomic mass is 31.1. The summed E-state index contributed by atoms with van der Waals surface area (Å²) in [7, 11) is 1.09. The van der Waals surface area contributed by atoms with Crippen LogP contribution in [0.1, 0.15) is 54.4 Å². The monoisotopic (exact) mass is 174 g/mol. The van der Waals surface area contributed by atoms with Crippen LogP contribution in [-0.4, -0.2) is 10.3 Å². The first-order chi connectivity index (χ1) is 4.83. The Balaban J connectivity index is 4.08. The molecule has 0 N–H and O–H groups in total. The van der Waals surface area contributed by atoms with Crippen molar-refractivity contribution in [1.82, 2.24) is 0 Å². The Labute approximate surface area is 73.9 Å². The first-order valence-corrected chi connectivity index (χ1v) is 5.62. The number of hydrogen-bond donors (Lipinski definition) is 0. The Morgan fingerprint density at radius 2 is 1.27 bits per heavy atom. The molecule has 0 saturated heterocycles. The van der Waals surface area contributed by atoms with E-state index in [0.29, 0.717) is 10.3 Å². The van der Waals surface area contributed by atoms with Crippen molar-refractivity contribution in [3.63, 3.8) is 0 Å². The second-order valence-corrected chi connectivity index (χ2v) is 7.60. The smallest absolute Gasteiger partial charge is 0.0151 e. The lowest BCUT2D eigenvalue weighted by molar-refractivity contribution is 0.578. The molecule has 0 nitrogen and oxygen atoms in total. The Morgan fingerprint density at radius 1 is 0.909 bits per heavy atom. The van der Waals surface area contributed by atoms with Crippen molar-refractivity contribution in [1.29, 1.82) is 0 Å². The summed E-state index contributed by atoms with van der Waals surface area (Å²) in [6.07, 6.45) is 2.64. The third-order valence-electron chi connectivity index (χ3n) is 2.24. The molecule has 0 aliphatic rings. The van der Waals surface area contributed by atoms with Crippen LogP contribution in [0, 0.1) is 0 Å². The normalized spacial score (nSPS) is 14.7. The highest BCUT2D eigenvalue weighted by Crippen LogP contribution is 2.46. The van der Waals surface area contributed by atoms with Crippen molar-refractivity contribution < 1.29 is 0 Å². The average molecular weight is 174 g/mol. The molecule has 0 aliphatic carbocycles. The fourth-order valence-electron chi connectivity index (χ4n) is 1.33. The zero-order valence-electron chi connectivity index (χ0n) is 8.91. The van der Waals surface area contributed by atoms with Crippen LogP contribution in [0.25, 0.3) is 0 Å². The molecule has 1 heteroatoms. The highest BCUT2D eigenvalue weighted by molar-refractivity contribution is 7.41. The predicted octanol–water partition coefficient (Wildman–Crippen LogP) is 4.04. The minimum atomic E-state index is 0.515. The van der Waals surface area contributed by atoms with E-state index in [1.54, 1.807) is 0 Å². The van der Waals surface area contributed by atoms with Crippen molar-refractivity contribution >= 4 is 8.58 Å². The van der Waals surface area contributed by atoms with Crippen molar-refractivity contribution in [3.8, 4) is 0 Å². The molecule has 0 radical (unpaired) electrons. The summed E-state index contributed by atoms with van der Waals surface area (Å²) in [6, 6.07) is 0. The third kappa shape index (κ3) is 4.80. The van der Waals surface area contributed by atoms with E-state index in [1.165, 1.54) is 12.8 Å². The predicted molar refractivity (Wildman–Crippen MR) is 57.1 cm³/mol. The van der Waals surface area contributed by atoms with Crippen molar-refractivity contribution in [3.05, 3.63) is 0 Å². The lowest BCUT2D eigenvalue weighted by Gasteiger charge is -2.34. The first-order valence-electron chi connectivity index (χ1n) is 4.62. The zero-order chi connectivity index (χ0) is 9.12. The standard InChI is InChI=1S/C10H23P/c1-7-10(6,8-2)11-9(3,4)5/h11H,7-8H2,1-6H3. The molecule has 1 unspecified atom stereocenters. The van der Waals surface area contributed by atoms with Crippen LogP contribution in [0.5, 0.6) is 0 Å². The second-order valence-electron chi connectivity index (χ2n) is 4.64. The van der Waals surface area contributed by atoms with Crippen LogP contribution < -0.4 is 0 Å². The van der Waals surface area contributed by atoms with E-state index in [0.717, 1.165) is 8.58 Å². The molecule has 0 bridgehead atoms. The van der Waals surface area contributed by atoms with Crippen molar-refractivity contribution in [2.75, 3.05) is 0 Å². The molecule has 0 saturated carbocycles. The molecular weight excluding hydrogens is 151 g/mol. The molecular formula is C10H23P. The van der Waals surface area contributed by atoms with Gasteiger partial charge in [-0.3, -0.25) is 0 Å². The van der Waals surface area contributed by atoms with Gasteiger partial charge in [0.05, 0.1) is 0 Å². The van der Waals surface area contributed by atoms with E-state index in [9.17, 15) is 0 Å². The molecule has 0 aromatic rings. The molecule has 0 spiro atoms. The fourth-order valence-corrected chi connectivity index (χ4v) is 3.50. The summed E-state index contributed by atoms with van der Waals surface area (Å²) in [4.78, 5) is 0. The Kier molecular flexibility index (Phi) is 4.05. The van der Waals surface area contributed by atoms with Gasteiger partial charge in [0.1, 0.15) is 0 Å². The average Bonchev–Trinajstić information content (AvgIpc) is 1.84. The summed E-state index contributed by atoms with van der Waals surface area (Å²) >= 11 is 0. The van der Waals surface area contributed by atoms with E-state index in [4.69, 9.17) is 0 Å². The van der Waals surface area contributed by atoms with Gasteiger partial charge in [0.2, 0.25) is 0 Å². The molecule has 0 aliphatic heterocycles. The molecule has 0 heterocycles. The summed E-state index contributed by atoms with van der Waals surface area (Å²) in [5.74, 6) is 0. The Hall–Kier alpha value is 0.430. The van der Waals surface area contributed by atoms with E-state index in [-0.39, 0.29) is 0 Å². The van der Waals surface area contributed by atoms with Gasteiger partial charge < -0.3 is 0 Å². The van der Waals surface area contributed by atoms with Crippen LogP contribution >= 0.6 is 8.58 Å². The summed E-state index contributed by atoms with van der Waals surface area (Å²) in [5, 5.41) is 1.11. The SMILES string of the molecule is CCC(C)(CC)PC(C)(C)C. The van der Waals surface area contributed by atoms with Gasteiger partial charge in [-0.25, -0.2) is 0 Å². The maximum absolute atomic E-state index is 2.41. The van der Waals surface area contributed by atoms with Gasteiger partial charge in [-0.05, 0) is 23.2 Å². The van der Waals surface area contributed by atoms with Crippen molar-refractivity contribution in [2.24, 2.45) is 0 Å². The molecule has 0 fully saturated rings. The van der Waals surface area contributed by atoms with Gasteiger partial charge in [-0.2, -0.15) is 0 Å². The molecule has 68 valence electrons. The van der Waals surface area contributed by atoms with Gasteiger partial charge in [0.25, 0.3) is 0 Å². The summed E-state index contributed by atoms with van der Waals surface area (Å²) < 4.78 is 0. The molecule has 0 aromatic carbocycles. The number of hydrogen-bond acceptors (Lipinski definition) is 0. The van der Waals surface area contributed by atoms with E-state index in [2.05, 4.69) is 41.5 Å². The number of rotatable bonds is 3. The maximum atomic E-state index is 2.41. The molecule has 0 aromatic heterocycles. The minimum absolute atomic E-state index is 0.515. The first kappa shape index (κ1) is 11.4. The van der Waals surface area contributed by atoms with Gasteiger partial charge in [-0.15, -0.1) is 8.58 Å².